The molecule has 110 valence electrons. The van der Waals surface area contributed by atoms with E-state index in [1.54, 1.807) is 0 Å². The van der Waals surface area contributed by atoms with Crippen molar-refractivity contribution in [3.8, 4) is 5.75 Å². The van der Waals surface area contributed by atoms with Gasteiger partial charge < -0.3 is 10.0 Å². The van der Waals surface area contributed by atoms with Crippen LogP contribution < -0.4 is 4.90 Å². The van der Waals surface area contributed by atoms with Gasteiger partial charge in [0.05, 0.1) is 0 Å². The summed E-state index contributed by atoms with van der Waals surface area (Å²) >= 11 is 0. The molecule has 2 heteroatoms. The number of benzene rings is 3. The third-order valence-electron chi connectivity index (χ3n) is 3.80. The van der Waals surface area contributed by atoms with E-state index in [0.717, 1.165) is 21.9 Å². The normalized spacial score (nSPS) is 11.2. The molecule has 0 atom stereocenters. The van der Waals surface area contributed by atoms with E-state index in [0.29, 0.717) is 5.75 Å². The Balaban J connectivity index is 1.90. The highest BCUT2D eigenvalue weighted by atomic mass is 16.3. The monoisotopic (exact) mass is 289 g/mol. The molecule has 0 aliphatic rings. The first kappa shape index (κ1) is 14.2. The smallest absolute Gasteiger partial charge is 0.130 e. The second-order valence-electron chi connectivity index (χ2n) is 5.54. The van der Waals surface area contributed by atoms with Crippen molar-refractivity contribution in [3.05, 3.63) is 71.8 Å². The number of nitrogens with zero attached hydrogens (tertiary/aromatic N) is 1. The fourth-order valence-corrected chi connectivity index (χ4v) is 2.48. The van der Waals surface area contributed by atoms with Crippen molar-refractivity contribution in [2.75, 3.05) is 19.0 Å². The molecule has 0 bridgehead atoms. The zero-order valence-electron chi connectivity index (χ0n) is 12.8. The molecule has 0 amide bonds. The van der Waals surface area contributed by atoms with Crippen LogP contribution in [-0.4, -0.2) is 19.2 Å². The molecule has 3 aromatic rings. The number of rotatable bonds is 3. The van der Waals surface area contributed by atoms with Crippen molar-refractivity contribution in [2.45, 2.75) is 0 Å². The number of fused-ring (bicyclic) bond motifs is 1. The van der Waals surface area contributed by atoms with Gasteiger partial charge in [-0.3, -0.25) is 0 Å². The van der Waals surface area contributed by atoms with Crippen LogP contribution in [0.4, 0.5) is 5.69 Å². The quantitative estimate of drug-likeness (QED) is 0.701. The minimum atomic E-state index is 0.333. The summed E-state index contributed by atoms with van der Waals surface area (Å²) in [6.07, 6.45) is 3.97. The first-order valence-corrected chi connectivity index (χ1v) is 7.31. The summed E-state index contributed by atoms with van der Waals surface area (Å²) in [6.45, 7) is 0. The first-order chi connectivity index (χ1) is 10.6. The molecule has 0 aliphatic carbocycles. The van der Waals surface area contributed by atoms with E-state index in [-0.39, 0.29) is 0 Å². The van der Waals surface area contributed by atoms with Gasteiger partial charge in [0, 0.05) is 30.7 Å². The number of phenolic OH excluding ortho intramolecular Hbond substituents is 1. The Labute approximate surface area is 130 Å². The fraction of sp³-hybridized carbons (Fsp3) is 0.100. The Hall–Kier alpha value is -2.74. The lowest BCUT2D eigenvalue weighted by atomic mass is 10.0. The lowest BCUT2D eigenvalue weighted by Gasteiger charge is -2.11. The van der Waals surface area contributed by atoms with E-state index >= 15 is 0 Å². The van der Waals surface area contributed by atoms with Gasteiger partial charge in [-0.25, -0.2) is 0 Å². The van der Waals surface area contributed by atoms with Gasteiger partial charge in [-0.15, -0.1) is 0 Å². The van der Waals surface area contributed by atoms with Crippen molar-refractivity contribution in [1.29, 1.82) is 0 Å². The minimum absolute atomic E-state index is 0.333. The summed E-state index contributed by atoms with van der Waals surface area (Å²) in [6, 6.07) is 20.1. The van der Waals surface area contributed by atoms with Crippen LogP contribution in [0.15, 0.2) is 60.7 Å². The predicted molar refractivity (Wildman–Crippen MR) is 95.3 cm³/mol. The number of anilines is 1. The SMILES string of the molecule is CN(C)c1ccc(C=Cc2ccc3ccccc3c2O)cc1. The third kappa shape index (κ3) is 2.82. The van der Waals surface area contributed by atoms with Gasteiger partial charge in [0.2, 0.25) is 0 Å². The summed E-state index contributed by atoms with van der Waals surface area (Å²) in [4.78, 5) is 2.07. The van der Waals surface area contributed by atoms with E-state index in [1.807, 2.05) is 62.6 Å². The highest BCUT2D eigenvalue weighted by Crippen LogP contribution is 2.29. The molecule has 3 aromatic carbocycles. The molecule has 0 heterocycles. The number of aromatic hydroxyl groups is 1. The van der Waals surface area contributed by atoms with Gasteiger partial charge in [-0.1, -0.05) is 60.7 Å². The van der Waals surface area contributed by atoms with Crippen LogP contribution in [-0.2, 0) is 0 Å². The first-order valence-electron chi connectivity index (χ1n) is 7.31. The lowest BCUT2D eigenvalue weighted by molar-refractivity contribution is 0.480. The number of hydrogen-bond donors (Lipinski definition) is 1. The van der Waals surface area contributed by atoms with Crippen LogP contribution in [0.1, 0.15) is 11.1 Å². The Morgan fingerprint density at radius 2 is 1.55 bits per heavy atom. The van der Waals surface area contributed by atoms with E-state index < -0.39 is 0 Å². The van der Waals surface area contributed by atoms with Crippen molar-refractivity contribution in [2.24, 2.45) is 0 Å². The highest BCUT2D eigenvalue weighted by Gasteiger charge is 2.03. The Morgan fingerprint density at radius 1 is 0.818 bits per heavy atom. The molecule has 3 rings (SSSR count). The maximum Gasteiger partial charge on any atom is 0.130 e. The van der Waals surface area contributed by atoms with Gasteiger partial charge in [0.1, 0.15) is 5.75 Å². The van der Waals surface area contributed by atoms with Crippen LogP contribution in [0.3, 0.4) is 0 Å². The minimum Gasteiger partial charge on any atom is -0.507 e. The van der Waals surface area contributed by atoms with Gasteiger partial charge in [0.15, 0.2) is 0 Å². The molecule has 1 N–H and O–H groups in total. The van der Waals surface area contributed by atoms with E-state index in [9.17, 15) is 5.11 Å². The molecule has 0 aliphatic heterocycles. The Kier molecular flexibility index (Phi) is 3.84. The predicted octanol–water partition coefficient (Wildman–Crippen LogP) is 4.78. The third-order valence-corrected chi connectivity index (χ3v) is 3.80. The van der Waals surface area contributed by atoms with Gasteiger partial charge in [-0.2, -0.15) is 0 Å². The summed E-state index contributed by atoms with van der Waals surface area (Å²) in [5.74, 6) is 0.333. The zero-order valence-corrected chi connectivity index (χ0v) is 12.8. The summed E-state index contributed by atoms with van der Waals surface area (Å²) < 4.78 is 0. The Bertz CT molecular complexity index is 817. The van der Waals surface area contributed by atoms with Crippen LogP contribution >= 0.6 is 0 Å². The molecule has 0 radical (unpaired) electrons. The van der Waals surface area contributed by atoms with Gasteiger partial charge >= 0.3 is 0 Å². The van der Waals surface area contributed by atoms with E-state index in [1.165, 1.54) is 5.69 Å². The maximum atomic E-state index is 10.4. The molecule has 0 spiro atoms. The van der Waals surface area contributed by atoms with Crippen molar-refractivity contribution < 1.29 is 5.11 Å². The Morgan fingerprint density at radius 3 is 2.27 bits per heavy atom. The van der Waals surface area contributed by atoms with Gasteiger partial charge in [0.25, 0.3) is 0 Å². The lowest BCUT2D eigenvalue weighted by Crippen LogP contribution is -2.07. The molecule has 0 aromatic heterocycles. The zero-order chi connectivity index (χ0) is 15.5. The molecule has 0 fully saturated rings. The number of hydrogen-bond acceptors (Lipinski definition) is 2. The van der Waals surface area contributed by atoms with E-state index in [2.05, 4.69) is 29.2 Å². The summed E-state index contributed by atoms with van der Waals surface area (Å²) in [5, 5.41) is 12.3. The van der Waals surface area contributed by atoms with Crippen molar-refractivity contribution in [1.82, 2.24) is 0 Å². The van der Waals surface area contributed by atoms with Crippen LogP contribution in [0.2, 0.25) is 0 Å². The molecule has 22 heavy (non-hydrogen) atoms. The molecule has 0 unspecified atom stereocenters. The molecule has 0 saturated carbocycles. The average Bonchev–Trinajstić information content (AvgIpc) is 2.55. The fourth-order valence-electron chi connectivity index (χ4n) is 2.48. The average molecular weight is 289 g/mol. The molecular formula is C20H19NO. The summed E-state index contributed by atoms with van der Waals surface area (Å²) in [7, 11) is 4.05. The summed E-state index contributed by atoms with van der Waals surface area (Å²) in [5.41, 5.74) is 3.11. The topological polar surface area (TPSA) is 23.5 Å². The second-order valence-corrected chi connectivity index (χ2v) is 5.54. The number of phenols is 1. The largest absolute Gasteiger partial charge is 0.507 e. The van der Waals surface area contributed by atoms with Crippen LogP contribution in [0, 0.1) is 0 Å². The van der Waals surface area contributed by atoms with E-state index in [4.69, 9.17) is 0 Å². The van der Waals surface area contributed by atoms with Crippen molar-refractivity contribution >= 4 is 28.6 Å². The standard InChI is InChI=1S/C20H19NO/c1-21(2)18-13-8-15(9-14-18)7-10-17-12-11-16-5-3-4-6-19(16)20(17)22/h3-14,22H,1-2H3. The highest BCUT2D eigenvalue weighted by molar-refractivity contribution is 5.92. The maximum absolute atomic E-state index is 10.4. The van der Waals surface area contributed by atoms with Crippen LogP contribution in [0.25, 0.3) is 22.9 Å². The molecule has 0 saturated heterocycles. The second kappa shape index (κ2) is 5.94. The molecule has 2 nitrogen and oxygen atoms in total. The molecular weight excluding hydrogens is 270 g/mol. The van der Waals surface area contributed by atoms with Crippen molar-refractivity contribution in [3.63, 3.8) is 0 Å². The van der Waals surface area contributed by atoms with Crippen LogP contribution in [0.5, 0.6) is 5.75 Å². The van der Waals surface area contributed by atoms with Gasteiger partial charge in [-0.05, 0) is 23.1 Å².